The van der Waals surface area contributed by atoms with Gasteiger partial charge in [0.05, 0.1) is 18.8 Å². The van der Waals surface area contributed by atoms with Crippen molar-refractivity contribution in [2.75, 3.05) is 32.2 Å². The molecule has 0 atom stereocenters. The van der Waals surface area contributed by atoms with Crippen LogP contribution in [0.1, 0.15) is 17.3 Å². The molecule has 0 aliphatic rings. The maximum Gasteiger partial charge on any atom is 0.338 e. The summed E-state index contributed by atoms with van der Waals surface area (Å²) in [5.74, 6) is -0.884. The fraction of sp³-hybridized carbons (Fsp3) is 0.312. The summed E-state index contributed by atoms with van der Waals surface area (Å²) in [4.78, 5) is 23.2. The fourth-order valence-electron chi connectivity index (χ4n) is 1.58. The Morgan fingerprint density at radius 1 is 1.30 bits per heavy atom. The molecule has 0 fully saturated rings. The van der Waals surface area contributed by atoms with Crippen LogP contribution in [0.2, 0.25) is 0 Å². The van der Waals surface area contributed by atoms with Crippen LogP contribution in [0.25, 0.3) is 0 Å². The van der Waals surface area contributed by atoms with Gasteiger partial charge in [-0.25, -0.2) is 4.79 Å². The molecule has 0 unspecified atom stereocenters. The third-order valence-corrected chi connectivity index (χ3v) is 2.74. The zero-order valence-electron chi connectivity index (χ0n) is 13.1. The first kappa shape index (κ1) is 18.2. The van der Waals surface area contributed by atoms with Gasteiger partial charge in [-0.2, -0.15) is 5.26 Å². The summed E-state index contributed by atoms with van der Waals surface area (Å²) in [7, 11) is 1.52. The highest BCUT2D eigenvalue weighted by molar-refractivity contribution is 5.97. The van der Waals surface area contributed by atoms with E-state index in [1.54, 1.807) is 31.2 Å². The molecule has 23 heavy (non-hydrogen) atoms. The van der Waals surface area contributed by atoms with E-state index < -0.39 is 11.9 Å². The number of benzene rings is 1. The van der Waals surface area contributed by atoms with Gasteiger partial charge < -0.3 is 20.1 Å². The highest BCUT2D eigenvalue weighted by Crippen LogP contribution is 2.11. The van der Waals surface area contributed by atoms with Gasteiger partial charge in [0.15, 0.2) is 0 Å². The average Bonchev–Trinajstić information content (AvgIpc) is 2.56. The van der Waals surface area contributed by atoms with Crippen molar-refractivity contribution in [3.05, 3.63) is 41.6 Å². The summed E-state index contributed by atoms with van der Waals surface area (Å²) >= 11 is 0. The number of nitrogens with zero attached hydrogens (tertiary/aromatic N) is 1. The summed E-state index contributed by atoms with van der Waals surface area (Å²) in [6.45, 7) is 2.74. The summed E-state index contributed by atoms with van der Waals surface area (Å²) in [6.07, 6.45) is 1.31. The lowest BCUT2D eigenvalue weighted by molar-refractivity contribution is -0.117. The molecule has 0 bridgehead atoms. The lowest BCUT2D eigenvalue weighted by Gasteiger charge is -2.05. The van der Waals surface area contributed by atoms with Crippen molar-refractivity contribution in [2.45, 2.75) is 6.92 Å². The van der Waals surface area contributed by atoms with Gasteiger partial charge in [-0.15, -0.1) is 0 Å². The zero-order chi connectivity index (χ0) is 17.1. The topological polar surface area (TPSA) is 100 Å². The predicted octanol–water partition coefficient (Wildman–Crippen LogP) is 1.45. The molecule has 0 aromatic heterocycles. The molecule has 122 valence electrons. The molecule has 0 heterocycles. The van der Waals surface area contributed by atoms with Crippen LogP contribution >= 0.6 is 0 Å². The van der Waals surface area contributed by atoms with E-state index in [-0.39, 0.29) is 5.57 Å². The molecule has 0 spiro atoms. The van der Waals surface area contributed by atoms with Crippen LogP contribution < -0.4 is 10.6 Å². The molecule has 7 heteroatoms. The number of ether oxygens (including phenoxy) is 2. The van der Waals surface area contributed by atoms with Gasteiger partial charge in [0, 0.05) is 25.5 Å². The molecular weight excluding hydrogens is 298 g/mol. The van der Waals surface area contributed by atoms with Crippen LogP contribution in [0.5, 0.6) is 0 Å². The van der Waals surface area contributed by atoms with Gasteiger partial charge in [0.2, 0.25) is 0 Å². The second kappa shape index (κ2) is 9.97. The van der Waals surface area contributed by atoms with Crippen molar-refractivity contribution in [2.24, 2.45) is 0 Å². The smallest absolute Gasteiger partial charge is 0.338 e. The lowest BCUT2D eigenvalue weighted by atomic mass is 10.2. The Kier molecular flexibility index (Phi) is 7.89. The Bertz CT molecular complexity index is 603. The largest absolute Gasteiger partial charge is 0.462 e. The van der Waals surface area contributed by atoms with Crippen LogP contribution in [-0.2, 0) is 14.3 Å². The highest BCUT2D eigenvalue weighted by atomic mass is 16.5. The first-order valence-electron chi connectivity index (χ1n) is 7.03. The second-order valence-corrected chi connectivity index (χ2v) is 4.36. The van der Waals surface area contributed by atoms with Gasteiger partial charge in [-0.3, -0.25) is 4.79 Å². The zero-order valence-corrected chi connectivity index (χ0v) is 13.1. The molecule has 0 aliphatic carbocycles. The Morgan fingerprint density at radius 3 is 2.57 bits per heavy atom. The molecule has 7 nitrogen and oxygen atoms in total. The number of hydrogen-bond donors (Lipinski definition) is 2. The third-order valence-electron chi connectivity index (χ3n) is 2.74. The molecule has 1 aromatic carbocycles. The van der Waals surface area contributed by atoms with E-state index >= 15 is 0 Å². The highest BCUT2D eigenvalue weighted by Gasteiger charge is 2.08. The standard InChI is InChI=1S/C16H19N3O4/c1-3-23-16(21)12-4-6-14(7-5-12)19-11-13(10-17)15(20)18-8-9-22-2/h4-7,11,19H,3,8-9H2,1-2H3,(H,18,20)/b13-11-. The number of hydrogen-bond acceptors (Lipinski definition) is 6. The number of carbonyl (C=O) groups excluding carboxylic acids is 2. The van der Waals surface area contributed by atoms with Gasteiger partial charge in [-0.1, -0.05) is 0 Å². The summed E-state index contributed by atoms with van der Waals surface area (Å²) in [6, 6.07) is 8.32. The predicted molar refractivity (Wildman–Crippen MR) is 84.6 cm³/mol. The minimum Gasteiger partial charge on any atom is -0.462 e. The molecule has 0 saturated heterocycles. The van der Waals surface area contributed by atoms with Gasteiger partial charge in [-0.05, 0) is 31.2 Å². The number of amides is 1. The van der Waals surface area contributed by atoms with Crippen LogP contribution in [0.15, 0.2) is 36.0 Å². The molecule has 0 saturated carbocycles. The van der Waals surface area contributed by atoms with Crippen molar-refractivity contribution in [1.82, 2.24) is 5.32 Å². The lowest BCUT2D eigenvalue weighted by Crippen LogP contribution is -2.28. The maximum atomic E-state index is 11.7. The van der Waals surface area contributed by atoms with Crippen molar-refractivity contribution in [3.63, 3.8) is 0 Å². The quantitative estimate of drug-likeness (QED) is 0.326. The monoisotopic (exact) mass is 317 g/mol. The van der Waals surface area contributed by atoms with Gasteiger partial charge in [0.25, 0.3) is 5.91 Å². The Labute approximate surface area is 134 Å². The Hall–Kier alpha value is -2.85. The molecule has 0 aliphatic heterocycles. The van der Waals surface area contributed by atoms with E-state index in [9.17, 15) is 9.59 Å². The number of nitrogens with one attached hydrogen (secondary N) is 2. The van der Waals surface area contributed by atoms with E-state index in [1.165, 1.54) is 13.3 Å². The van der Waals surface area contributed by atoms with E-state index in [2.05, 4.69) is 10.6 Å². The number of methoxy groups -OCH3 is 1. The summed E-state index contributed by atoms with van der Waals surface area (Å²) in [5.41, 5.74) is 1.00. The van der Waals surface area contributed by atoms with Crippen LogP contribution in [0.4, 0.5) is 5.69 Å². The van der Waals surface area contributed by atoms with Crippen LogP contribution in [0, 0.1) is 11.3 Å². The minimum absolute atomic E-state index is 0.0597. The van der Waals surface area contributed by atoms with E-state index in [0.717, 1.165) is 0 Å². The number of carbonyl (C=O) groups is 2. The number of anilines is 1. The molecule has 1 aromatic rings. The van der Waals surface area contributed by atoms with Crippen molar-refractivity contribution < 1.29 is 19.1 Å². The average molecular weight is 317 g/mol. The normalized spacial score (nSPS) is 10.6. The van der Waals surface area contributed by atoms with Crippen molar-refractivity contribution in [3.8, 4) is 6.07 Å². The SMILES string of the molecule is CCOC(=O)c1ccc(N/C=C(/C#N)C(=O)NCCOC)cc1. The Balaban J connectivity index is 2.65. The van der Waals surface area contributed by atoms with Crippen LogP contribution in [0.3, 0.4) is 0 Å². The second-order valence-electron chi connectivity index (χ2n) is 4.36. The van der Waals surface area contributed by atoms with Crippen molar-refractivity contribution >= 4 is 17.6 Å². The summed E-state index contributed by atoms with van der Waals surface area (Å²) in [5, 5.41) is 14.4. The fourth-order valence-corrected chi connectivity index (χ4v) is 1.58. The van der Waals surface area contributed by atoms with Crippen molar-refractivity contribution in [1.29, 1.82) is 5.26 Å². The van der Waals surface area contributed by atoms with E-state index in [1.807, 2.05) is 6.07 Å². The third kappa shape index (κ3) is 6.20. The Morgan fingerprint density at radius 2 is 2.00 bits per heavy atom. The van der Waals surface area contributed by atoms with E-state index in [4.69, 9.17) is 14.7 Å². The van der Waals surface area contributed by atoms with Crippen LogP contribution in [-0.4, -0.2) is 38.7 Å². The van der Waals surface area contributed by atoms with Gasteiger partial charge in [0.1, 0.15) is 11.6 Å². The molecule has 1 rings (SSSR count). The maximum absolute atomic E-state index is 11.7. The summed E-state index contributed by atoms with van der Waals surface area (Å²) < 4.78 is 9.70. The number of esters is 1. The number of rotatable bonds is 8. The number of nitriles is 1. The molecule has 1 amide bonds. The molecule has 2 N–H and O–H groups in total. The first-order chi connectivity index (χ1) is 11.1. The molecule has 0 radical (unpaired) electrons. The minimum atomic E-state index is -0.486. The first-order valence-corrected chi connectivity index (χ1v) is 7.03. The van der Waals surface area contributed by atoms with Gasteiger partial charge >= 0.3 is 5.97 Å². The van der Waals surface area contributed by atoms with E-state index in [0.29, 0.717) is 31.0 Å². The molecular formula is C16H19N3O4.